The van der Waals surface area contributed by atoms with Crippen LogP contribution >= 0.6 is 23.4 Å². The Balaban J connectivity index is 3.13. The molecule has 0 spiro atoms. The highest BCUT2D eigenvalue weighted by Crippen LogP contribution is 2.01. The minimum absolute atomic E-state index is 0.613. The Bertz CT molecular complexity index is 117. The van der Waals surface area contributed by atoms with Gasteiger partial charge in [0.25, 0.3) is 0 Å². The number of hydrogen-bond acceptors (Lipinski definition) is 2. The van der Waals surface area contributed by atoms with Gasteiger partial charge in [-0.05, 0) is 24.5 Å². The van der Waals surface area contributed by atoms with Gasteiger partial charge in [-0.25, -0.2) is 0 Å². The Hall–Kier alpha value is 0.340. The van der Waals surface area contributed by atoms with Crippen LogP contribution in [0.15, 0.2) is 12.2 Å². The van der Waals surface area contributed by atoms with E-state index in [9.17, 15) is 0 Å². The van der Waals surface area contributed by atoms with Crippen LogP contribution in [-0.2, 0) is 0 Å². The highest BCUT2D eigenvalue weighted by molar-refractivity contribution is 7.98. The first kappa shape index (κ1) is 12.3. The molecule has 0 amide bonds. The van der Waals surface area contributed by atoms with E-state index in [0.717, 1.165) is 19.0 Å². The van der Waals surface area contributed by atoms with E-state index in [1.165, 1.54) is 5.75 Å². The second kappa shape index (κ2) is 9.43. The van der Waals surface area contributed by atoms with Crippen molar-refractivity contribution in [2.45, 2.75) is 6.92 Å². The predicted octanol–water partition coefficient (Wildman–Crippen LogP) is 2.37. The lowest BCUT2D eigenvalue weighted by Crippen LogP contribution is -2.22. The molecule has 0 radical (unpaired) electrons. The summed E-state index contributed by atoms with van der Waals surface area (Å²) in [5.41, 5.74) is 0. The molecule has 1 atom stereocenters. The van der Waals surface area contributed by atoms with Gasteiger partial charge >= 0.3 is 0 Å². The zero-order chi connectivity index (χ0) is 9.23. The van der Waals surface area contributed by atoms with Crippen molar-refractivity contribution in [2.24, 2.45) is 5.92 Å². The van der Waals surface area contributed by atoms with E-state index in [4.69, 9.17) is 11.6 Å². The van der Waals surface area contributed by atoms with Crippen molar-refractivity contribution < 1.29 is 0 Å². The smallest absolute Gasteiger partial charge is 0.0404 e. The summed E-state index contributed by atoms with van der Waals surface area (Å²) in [6.07, 6.45) is 6.18. The second-order valence-corrected chi connectivity index (χ2v) is 4.06. The van der Waals surface area contributed by atoms with E-state index < -0.39 is 0 Å². The third-order valence-corrected chi connectivity index (χ3v) is 2.54. The van der Waals surface area contributed by atoms with Gasteiger partial charge in [-0.3, -0.25) is 0 Å². The lowest BCUT2D eigenvalue weighted by atomic mass is 10.2. The van der Waals surface area contributed by atoms with Crippen LogP contribution in [0.3, 0.4) is 0 Å². The van der Waals surface area contributed by atoms with Gasteiger partial charge in [0.05, 0.1) is 0 Å². The lowest BCUT2D eigenvalue weighted by Gasteiger charge is -2.08. The molecule has 0 rings (SSSR count). The van der Waals surface area contributed by atoms with Gasteiger partial charge in [0.2, 0.25) is 0 Å². The largest absolute Gasteiger partial charge is 0.313 e. The SMILES string of the molecule is CSCC(C)CNC/C=C/CCl. The first-order valence-corrected chi connectivity index (χ1v) is 6.14. The van der Waals surface area contributed by atoms with Crippen molar-refractivity contribution in [3.63, 3.8) is 0 Å². The van der Waals surface area contributed by atoms with Crippen molar-refractivity contribution in [3.8, 4) is 0 Å². The molecule has 12 heavy (non-hydrogen) atoms. The monoisotopic (exact) mass is 207 g/mol. The van der Waals surface area contributed by atoms with Crippen LogP contribution in [0.1, 0.15) is 6.92 Å². The molecule has 0 saturated carbocycles. The van der Waals surface area contributed by atoms with E-state index in [1.54, 1.807) is 0 Å². The van der Waals surface area contributed by atoms with Gasteiger partial charge in [0.15, 0.2) is 0 Å². The van der Waals surface area contributed by atoms with Gasteiger partial charge in [0, 0.05) is 12.4 Å². The molecule has 0 fully saturated rings. The molecule has 0 aromatic carbocycles. The minimum atomic E-state index is 0.613. The van der Waals surface area contributed by atoms with E-state index in [1.807, 2.05) is 17.8 Å². The van der Waals surface area contributed by atoms with Crippen LogP contribution < -0.4 is 5.32 Å². The molecule has 1 unspecified atom stereocenters. The maximum atomic E-state index is 5.47. The van der Waals surface area contributed by atoms with Crippen LogP contribution in [-0.4, -0.2) is 31.0 Å². The molecular formula is C9H18ClNS. The summed E-state index contributed by atoms with van der Waals surface area (Å²) in [5.74, 6) is 2.60. The Morgan fingerprint density at radius 1 is 1.50 bits per heavy atom. The van der Waals surface area contributed by atoms with Gasteiger partial charge in [0.1, 0.15) is 0 Å². The van der Waals surface area contributed by atoms with Crippen molar-refractivity contribution >= 4 is 23.4 Å². The van der Waals surface area contributed by atoms with E-state index >= 15 is 0 Å². The summed E-state index contributed by atoms with van der Waals surface area (Å²) >= 11 is 7.37. The average molecular weight is 208 g/mol. The quantitative estimate of drug-likeness (QED) is 0.391. The fourth-order valence-corrected chi connectivity index (χ4v) is 1.72. The van der Waals surface area contributed by atoms with Crippen molar-refractivity contribution in [3.05, 3.63) is 12.2 Å². The zero-order valence-electron chi connectivity index (χ0n) is 7.85. The van der Waals surface area contributed by atoms with E-state index in [0.29, 0.717) is 5.88 Å². The minimum Gasteiger partial charge on any atom is -0.313 e. The van der Waals surface area contributed by atoms with Gasteiger partial charge < -0.3 is 5.32 Å². The summed E-state index contributed by atoms with van der Waals surface area (Å²) in [4.78, 5) is 0. The topological polar surface area (TPSA) is 12.0 Å². The molecule has 0 heterocycles. The van der Waals surface area contributed by atoms with Gasteiger partial charge in [-0.2, -0.15) is 11.8 Å². The Morgan fingerprint density at radius 3 is 2.83 bits per heavy atom. The molecule has 1 nitrogen and oxygen atoms in total. The van der Waals surface area contributed by atoms with E-state index in [2.05, 4.69) is 24.6 Å². The Kier molecular flexibility index (Phi) is 9.70. The second-order valence-electron chi connectivity index (χ2n) is 2.84. The fourth-order valence-electron chi connectivity index (χ4n) is 0.903. The van der Waals surface area contributed by atoms with E-state index in [-0.39, 0.29) is 0 Å². The molecule has 3 heteroatoms. The Labute approximate surface area is 84.9 Å². The highest BCUT2D eigenvalue weighted by Gasteiger charge is 1.97. The molecule has 0 bridgehead atoms. The number of alkyl halides is 1. The van der Waals surface area contributed by atoms with Crippen LogP contribution in [0.2, 0.25) is 0 Å². The molecule has 0 aromatic rings. The molecule has 1 N–H and O–H groups in total. The predicted molar refractivity (Wildman–Crippen MR) is 60.3 cm³/mol. The molecule has 0 aromatic heterocycles. The number of thioether (sulfide) groups is 1. The Morgan fingerprint density at radius 2 is 2.25 bits per heavy atom. The van der Waals surface area contributed by atoms with Crippen LogP contribution in [0.25, 0.3) is 0 Å². The third-order valence-electron chi connectivity index (χ3n) is 1.46. The van der Waals surface area contributed by atoms with Crippen LogP contribution in [0, 0.1) is 5.92 Å². The lowest BCUT2D eigenvalue weighted by molar-refractivity contribution is 0.585. The van der Waals surface area contributed by atoms with Crippen molar-refractivity contribution in [2.75, 3.05) is 31.0 Å². The summed E-state index contributed by atoms with van der Waals surface area (Å²) in [7, 11) is 0. The number of allylic oxidation sites excluding steroid dienone is 1. The normalized spacial score (nSPS) is 13.9. The molecule has 0 aliphatic carbocycles. The number of hydrogen-bond donors (Lipinski definition) is 1. The highest BCUT2D eigenvalue weighted by atomic mass is 35.5. The van der Waals surface area contributed by atoms with Crippen LogP contribution in [0.5, 0.6) is 0 Å². The van der Waals surface area contributed by atoms with Crippen molar-refractivity contribution in [1.29, 1.82) is 0 Å². The van der Waals surface area contributed by atoms with Crippen molar-refractivity contribution in [1.82, 2.24) is 5.32 Å². The molecule has 72 valence electrons. The number of nitrogens with one attached hydrogen (secondary N) is 1. The standard InChI is InChI=1S/C9H18ClNS/c1-9(8-12-2)7-11-6-4-3-5-10/h3-4,9,11H,5-8H2,1-2H3/b4-3+. The first-order chi connectivity index (χ1) is 5.81. The van der Waals surface area contributed by atoms with Gasteiger partial charge in [-0.1, -0.05) is 19.1 Å². The van der Waals surface area contributed by atoms with Crippen LogP contribution in [0.4, 0.5) is 0 Å². The maximum Gasteiger partial charge on any atom is 0.0404 e. The fraction of sp³-hybridized carbons (Fsp3) is 0.778. The summed E-state index contributed by atoms with van der Waals surface area (Å²) in [5, 5.41) is 3.35. The molecule has 0 aliphatic rings. The first-order valence-electron chi connectivity index (χ1n) is 4.21. The molecular weight excluding hydrogens is 190 g/mol. The number of rotatable bonds is 7. The maximum absolute atomic E-state index is 5.47. The molecule has 0 saturated heterocycles. The summed E-state index contributed by atoms with van der Waals surface area (Å²) in [6.45, 7) is 4.29. The zero-order valence-corrected chi connectivity index (χ0v) is 9.42. The average Bonchev–Trinajstić information content (AvgIpc) is 2.05. The molecule has 0 aliphatic heterocycles. The number of halogens is 1. The van der Waals surface area contributed by atoms with Gasteiger partial charge in [-0.15, -0.1) is 11.6 Å². The third kappa shape index (κ3) is 8.44. The summed E-state index contributed by atoms with van der Waals surface area (Å²) < 4.78 is 0. The summed E-state index contributed by atoms with van der Waals surface area (Å²) in [6, 6.07) is 0.